The molecule has 20 heavy (non-hydrogen) atoms. The summed E-state index contributed by atoms with van der Waals surface area (Å²) in [6, 6.07) is 9.41. The first-order chi connectivity index (χ1) is 9.40. The summed E-state index contributed by atoms with van der Waals surface area (Å²) >= 11 is 0. The van der Waals surface area contributed by atoms with Gasteiger partial charge in [-0.05, 0) is 30.5 Å². The summed E-state index contributed by atoms with van der Waals surface area (Å²) in [5, 5.41) is 4.17. The molecular formula is C16H18N2O2. The maximum Gasteiger partial charge on any atom is 0.211 e. The molecule has 0 atom stereocenters. The molecule has 0 unspecified atom stereocenters. The van der Waals surface area contributed by atoms with E-state index in [1.165, 1.54) is 18.6 Å². The number of hydrogen-bond acceptors (Lipinski definition) is 3. The van der Waals surface area contributed by atoms with Crippen LogP contribution in [0, 0.1) is 6.92 Å². The summed E-state index contributed by atoms with van der Waals surface area (Å²) in [5.74, 6) is 0.141. The van der Waals surface area contributed by atoms with Crippen LogP contribution in [0.15, 0.2) is 35.1 Å². The number of benzene rings is 1. The van der Waals surface area contributed by atoms with E-state index in [-0.39, 0.29) is 16.9 Å². The summed E-state index contributed by atoms with van der Waals surface area (Å²) < 4.78 is 1.63. The van der Waals surface area contributed by atoms with Crippen molar-refractivity contribution in [3.63, 3.8) is 0 Å². The number of Topliss-reactive ketones (excluding diaryl/α,β-unsaturated/α-hetero) is 1. The highest BCUT2D eigenvalue weighted by atomic mass is 16.1. The number of aryl methyl sites for hydroxylation is 1. The molecule has 4 heteroatoms. The van der Waals surface area contributed by atoms with Crippen LogP contribution >= 0.6 is 0 Å². The fraction of sp³-hybridized carbons (Fsp3) is 0.312. The van der Waals surface area contributed by atoms with E-state index >= 15 is 0 Å². The van der Waals surface area contributed by atoms with Crippen molar-refractivity contribution >= 4 is 5.78 Å². The lowest BCUT2D eigenvalue weighted by molar-refractivity contribution is 0.101. The van der Waals surface area contributed by atoms with E-state index in [9.17, 15) is 9.59 Å². The molecule has 0 saturated heterocycles. The fourth-order valence-electron chi connectivity index (χ4n) is 2.05. The molecule has 0 fully saturated rings. The zero-order chi connectivity index (χ0) is 14.9. The molecule has 0 aliphatic rings. The van der Waals surface area contributed by atoms with E-state index in [1.54, 1.807) is 11.6 Å². The monoisotopic (exact) mass is 270 g/mol. The van der Waals surface area contributed by atoms with Crippen molar-refractivity contribution in [2.24, 2.45) is 0 Å². The van der Waals surface area contributed by atoms with Gasteiger partial charge in [-0.2, -0.15) is 5.10 Å². The molecule has 4 nitrogen and oxygen atoms in total. The molecule has 0 N–H and O–H groups in total. The lowest BCUT2D eigenvalue weighted by Crippen LogP contribution is -2.21. The number of nitrogens with zero attached hydrogens (tertiary/aromatic N) is 2. The number of carbonyl (C=O) groups is 1. The first-order valence-corrected chi connectivity index (χ1v) is 6.62. The Morgan fingerprint density at radius 3 is 2.30 bits per heavy atom. The number of aromatic nitrogens is 2. The van der Waals surface area contributed by atoms with Gasteiger partial charge in [-0.1, -0.05) is 26.0 Å². The molecule has 0 radical (unpaired) electrons. The van der Waals surface area contributed by atoms with E-state index in [0.29, 0.717) is 11.6 Å². The second kappa shape index (κ2) is 5.41. The third-order valence-corrected chi connectivity index (χ3v) is 3.25. The Bertz CT molecular complexity index is 697. The average Bonchev–Trinajstić information content (AvgIpc) is 2.38. The van der Waals surface area contributed by atoms with E-state index in [1.807, 2.05) is 24.3 Å². The molecule has 0 spiro atoms. The largest absolute Gasteiger partial charge is 0.293 e. The molecule has 104 valence electrons. The number of carbonyl (C=O) groups excluding carboxylic acids is 1. The van der Waals surface area contributed by atoms with Gasteiger partial charge < -0.3 is 0 Å². The summed E-state index contributed by atoms with van der Waals surface area (Å²) in [6.45, 7) is 7.41. The standard InChI is InChI=1S/C16H18N2O2/c1-10(2)13-5-7-14(8-6-13)18-11(3)9-15(20)16(17-18)12(4)19/h5-10H,1-4H3. The molecule has 0 aliphatic heterocycles. The maximum absolute atomic E-state index is 11.7. The van der Waals surface area contributed by atoms with Gasteiger partial charge in [0.1, 0.15) is 0 Å². The van der Waals surface area contributed by atoms with Crippen LogP contribution < -0.4 is 5.43 Å². The second-order valence-corrected chi connectivity index (χ2v) is 5.21. The Hall–Kier alpha value is -2.23. The Morgan fingerprint density at radius 1 is 1.20 bits per heavy atom. The molecular weight excluding hydrogens is 252 g/mol. The molecule has 0 amide bonds. The van der Waals surface area contributed by atoms with Crippen LogP contribution in [0.5, 0.6) is 0 Å². The molecule has 0 saturated carbocycles. The Morgan fingerprint density at radius 2 is 1.80 bits per heavy atom. The van der Waals surface area contributed by atoms with E-state index in [0.717, 1.165) is 5.69 Å². The van der Waals surface area contributed by atoms with Crippen molar-refractivity contribution in [2.75, 3.05) is 0 Å². The van der Waals surface area contributed by atoms with E-state index in [4.69, 9.17) is 0 Å². The Balaban J connectivity index is 2.54. The number of hydrogen-bond donors (Lipinski definition) is 0. The van der Waals surface area contributed by atoms with Crippen molar-refractivity contribution in [3.8, 4) is 5.69 Å². The van der Waals surface area contributed by atoms with E-state index in [2.05, 4.69) is 18.9 Å². The topological polar surface area (TPSA) is 52.0 Å². The smallest absolute Gasteiger partial charge is 0.211 e. The van der Waals surface area contributed by atoms with Gasteiger partial charge in [-0.25, -0.2) is 4.68 Å². The van der Waals surface area contributed by atoms with Gasteiger partial charge in [0.25, 0.3) is 0 Å². The van der Waals surface area contributed by atoms with Crippen LogP contribution in [-0.2, 0) is 0 Å². The molecule has 0 bridgehead atoms. The van der Waals surface area contributed by atoms with Crippen LogP contribution in [0.25, 0.3) is 5.69 Å². The van der Waals surface area contributed by atoms with Crippen LogP contribution in [0.1, 0.15) is 48.4 Å². The van der Waals surface area contributed by atoms with Gasteiger partial charge in [-0.15, -0.1) is 0 Å². The van der Waals surface area contributed by atoms with Crippen LogP contribution in [0.2, 0.25) is 0 Å². The second-order valence-electron chi connectivity index (χ2n) is 5.21. The minimum atomic E-state index is -0.329. The van der Waals surface area contributed by atoms with Crippen molar-refractivity contribution in [1.29, 1.82) is 0 Å². The highest BCUT2D eigenvalue weighted by Crippen LogP contribution is 2.17. The number of rotatable bonds is 3. The molecule has 1 heterocycles. The normalized spacial score (nSPS) is 10.8. The lowest BCUT2D eigenvalue weighted by Gasteiger charge is -2.12. The van der Waals surface area contributed by atoms with Crippen molar-refractivity contribution in [1.82, 2.24) is 9.78 Å². The third kappa shape index (κ3) is 2.69. The third-order valence-electron chi connectivity index (χ3n) is 3.25. The van der Waals surface area contributed by atoms with Gasteiger partial charge in [0.15, 0.2) is 11.5 Å². The predicted octanol–water partition coefficient (Wildman–Crippen LogP) is 2.87. The van der Waals surface area contributed by atoms with E-state index < -0.39 is 0 Å². The van der Waals surface area contributed by atoms with Gasteiger partial charge in [0, 0.05) is 18.7 Å². The van der Waals surface area contributed by atoms with Gasteiger partial charge in [-0.3, -0.25) is 9.59 Å². The number of ketones is 1. The summed E-state index contributed by atoms with van der Waals surface area (Å²) in [7, 11) is 0. The van der Waals surface area contributed by atoms with Crippen LogP contribution in [0.3, 0.4) is 0 Å². The fourth-order valence-corrected chi connectivity index (χ4v) is 2.05. The molecule has 1 aromatic carbocycles. The van der Waals surface area contributed by atoms with Crippen molar-refractivity contribution in [2.45, 2.75) is 33.6 Å². The average molecular weight is 270 g/mol. The Kier molecular flexibility index (Phi) is 3.84. The summed E-state index contributed by atoms with van der Waals surface area (Å²) in [5.41, 5.74) is 2.43. The van der Waals surface area contributed by atoms with Gasteiger partial charge in [0.05, 0.1) is 5.69 Å². The maximum atomic E-state index is 11.7. The van der Waals surface area contributed by atoms with Gasteiger partial charge in [0.2, 0.25) is 5.43 Å². The SMILES string of the molecule is CC(=O)c1nn(-c2ccc(C(C)C)cc2)c(C)cc1=O. The highest BCUT2D eigenvalue weighted by Gasteiger charge is 2.11. The summed E-state index contributed by atoms with van der Waals surface area (Å²) in [6.07, 6.45) is 0. The molecule has 2 rings (SSSR count). The molecule has 1 aromatic heterocycles. The van der Waals surface area contributed by atoms with Crippen molar-refractivity contribution < 1.29 is 4.79 Å². The minimum Gasteiger partial charge on any atom is -0.293 e. The first kappa shape index (κ1) is 14.2. The molecule has 0 aliphatic carbocycles. The first-order valence-electron chi connectivity index (χ1n) is 6.62. The quantitative estimate of drug-likeness (QED) is 0.806. The predicted molar refractivity (Wildman–Crippen MR) is 78.7 cm³/mol. The minimum absolute atomic E-state index is 0.0245. The van der Waals surface area contributed by atoms with Crippen LogP contribution in [0.4, 0.5) is 0 Å². The lowest BCUT2D eigenvalue weighted by atomic mass is 10.0. The van der Waals surface area contributed by atoms with Gasteiger partial charge >= 0.3 is 0 Å². The zero-order valence-corrected chi connectivity index (χ0v) is 12.2. The zero-order valence-electron chi connectivity index (χ0n) is 12.2. The Labute approximate surface area is 118 Å². The highest BCUT2D eigenvalue weighted by molar-refractivity contribution is 5.91. The van der Waals surface area contributed by atoms with Crippen LogP contribution in [-0.4, -0.2) is 15.6 Å². The molecule has 2 aromatic rings. The van der Waals surface area contributed by atoms with Crippen molar-refractivity contribution in [3.05, 3.63) is 57.5 Å². The summed E-state index contributed by atoms with van der Waals surface area (Å²) in [4.78, 5) is 23.1.